The van der Waals surface area contributed by atoms with Crippen LogP contribution in [0, 0.1) is 5.82 Å². The molecule has 1 saturated carbocycles. The van der Waals surface area contributed by atoms with Gasteiger partial charge in [0, 0.05) is 11.3 Å². The van der Waals surface area contributed by atoms with Gasteiger partial charge in [0.2, 0.25) is 5.82 Å². The Bertz CT molecular complexity index is 943. The number of piperazine rings is 1. The van der Waals surface area contributed by atoms with Gasteiger partial charge in [0.1, 0.15) is 5.82 Å². The van der Waals surface area contributed by atoms with Crippen LogP contribution in [0.3, 0.4) is 0 Å². The summed E-state index contributed by atoms with van der Waals surface area (Å²) in [5.74, 6) is 0.702. The summed E-state index contributed by atoms with van der Waals surface area (Å²) >= 11 is 0. The summed E-state index contributed by atoms with van der Waals surface area (Å²) < 4.78 is 15.7. The molecule has 0 unspecified atom stereocenters. The molecule has 3 aromatic rings. The number of hydrogen-bond donors (Lipinski definition) is 1. The first-order chi connectivity index (χ1) is 14.8. The second-order valence-corrected chi connectivity index (χ2v) is 8.39. The Morgan fingerprint density at radius 1 is 0.933 bits per heavy atom. The van der Waals surface area contributed by atoms with Gasteiger partial charge in [-0.25, -0.2) is 9.07 Å². The zero-order valence-corrected chi connectivity index (χ0v) is 17.1. The normalized spacial score (nSPS) is 19.3. The van der Waals surface area contributed by atoms with E-state index in [1.807, 2.05) is 12.1 Å². The highest BCUT2D eigenvalue weighted by Crippen LogP contribution is 2.31. The van der Waals surface area contributed by atoms with Crippen LogP contribution in [-0.2, 0) is 0 Å². The van der Waals surface area contributed by atoms with Crippen LogP contribution in [0.5, 0.6) is 0 Å². The lowest BCUT2D eigenvalue weighted by Gasteiger charge is -2.37. The standard InChI is InChI=1S/C23H27FN6/c24-19-12-10-18(11-13-19)22(23-25-26-27-30(23)21-8-4-5-9-21)29-16-14-28(15-17-29)20-6-2-1-3-7-20/h1-3,6-7,10-13,21-22H,4-5,8-9,14-17H2/p+1/t22-/m0/s1. The summed E-state index contributed by atoms with van der Waals surface area (Å²) in [7, 11) is 0. The van der Waals surface area contributed by atoms with Crippen LogP contribution in [-0.4, -0.2) is 46.4 Å². The van der Waals surface area contributed by atoms with E-state index in [1.165, 1.54) is 23.4 Å². The number of quaternary nitrogens is 1. The highest BCUT2D eigenvalue weighted by molar-refractivity contribution is 5.46. The fourth-order valence-electron chi connectivity index (χ4n) is 5.00. The molecule has 7 heteroatoms. The Hall–Kier alpha value is -2.80. The van der Waals surface area contributed by atoms with Gasteiger partial charge in [-0.3, -0.25) is 0 Å². The van der Waals surface area contributed by atoms with Crippen molar-refractivity contribution in [2.24, 2.45) is 0 Å². The van der Waals surface area contributed by atoms with E-state index in [1.54, 1.807) is 12.1 Å². The molecular formula is C23H28FN6+. The van der Waals surface area contributed by atoms with Crippen LogP contribution >= 0.6 is 0 Å². The van der Waals surface area contributed by atoms with Crippen LogP contribution < -0.4 is 9.80 Å². The largest absolute Gasteiger partial charge is 0.360 e. The minimum atomic E-state index is -0.211. The van der Waals surface area contributed by atoms with Gasteiger partial charge in [0.15, 0.2) is 6.04 Å². The SMILES string of the molecule is Fc1ccc([C@@H](c2nnnn2C2CCCC2)[NH+]2CCN(c3ccccc3)CC2)cc1. The molecule has 1 N–H and O–H groups in total. The molecule has 2 fully saturated rings. The van der Waals surface area contributed by atoms with Crippen molar-refractivity contribution >= 4 is 5.69 Å². The fraction of sp³-hybridized carbons (Fsp3) is 0.435. The van der Waals surface area contributed by atoms with E-state index < -0.39 is 0 Å². The van der Waals surface area contributed by atoms with E-state index in [9.17, 15) is 4.39 Å². The van der Waals surface area contributed by atoms with Gasteiger partial charge in [-0.1, -0.05) is 31.0 Å². The van der Waals surface area contributed by atoms with Gasteiger partial charge in [-0.05, 0) is 59.7 Å². The second kappa shape index (κ2) is 8.52. The number of aromatic nitrogens is 4. The second-order valence-electron chi connectivity index (χ2n) is 8.39. The molecule has 0 radical (unpaired) electrons. The average Bonchev–Trinajstić information content (AvgIpc) is 3.48. The molecule has 2 heterocycles. The molecule has 5 rings (SSSR count). The molecule has 1 atom stereocenters. The quantitative estimate of drug-likeness (QED) is 0.706. The molecule has 0 amide bonds. The molecule has 0 bridgehead atoms. The van der Waals surface area contributed by atoms with E-state index >= 15 is 0 Å². The molecule has 1 saturated heterocycles. The number of nitrogens with zero attached hydrogens (tertiary/aromatic N) is 5. The number of anilines is 1. The Labute approximate surface area is 176 Å². The van der Waals surface area contributed by atoms with Crippen LogP contribution in [0.1, 0.15) is 49.2 Å². The summed E-state index contributed by atoms with van der Waals surface area (Å²) in [6, 6.07) is 17.8. The van der Waals surface area contributed by atoms with E-state index in [2.05, 4.69) is 55.4 Å². The maximum Gasteiger partial charge on any atom is 0.214 e. The van der Waals surface area contributed by atoms with Crippen molar-refractivity contribution in [3.8, 4) is 0 Å². The Balaban J connectivity index is 1.43. The lowest BCUT2D eigenvalue weighted by molar-refractivity contribution is -0.927. The summed E-state index contributed by atoms with van der Waals surface area (Å²) in [6.45, 7) is 3.91. The lowest BCUT2D eigenvalue weighted by Crippen LogP contribution is -3.15. The van der Waals surface area contributed by atoms with Gasteiger partial charge in [0.25, 0.3) is 0 Å². The van der Waals surface area contributed by atoms with Crippen LogP contribution in [0.15, 0.2) is 54.6 Å². The third-order valence-electron chi connectivity index (χ3n) is 6.59. The molecule has 1 aromatic heterocycles. The summed E-state index contributed by atoms with van der Waals surface area (Å²) in [4.78, 5) is 3.87. The number of benzene rings is 2. The zero-order chi connectivity index (χ0) is 20.3. The van der Waals surface area contributed by atoms with E-state index in [4.69, 9.17) is 0 Å². The smallest absolute Gasteiger partial charge is 0.214 e. The molecule has 1 aliphatic carbocycles. The topological polar surface area (TPSA) is 51.3 Å². The predicted molar refractivity (Wildman–Crippen MR) is 113 cm³/mol. The molecule has 2 aromatic carbocycles. The third-order valence-corrected chi connectivity index (χ3v) is 6.59. The molecule has 2 aliphatic rings. The maximum absolute atomic E-state index is 13.6. The molecule has 6 nitrogen and oxygen atoms in total. The van der Waals surface area contributed by atoms with Gasteiger partial charge in [-0.2, -0.15) is 0 Å². The predicted octanol–water partition coefficient (Wildman–Crippen LogP) is 2.42. The van der Waals surface area contributed by atoms with E-state index in [0.29, 0.717) is 6.04 Å². The minimum absolute atomic E-state index is 0.0131. The van der Waals surface area contributed by atoms with Gasteiger partial charge < -0.3 is 9.80 Å². The number of rotatable bonds is 5. The van der Waals surface area contributed by atoms with Crippen LogP contribution in [0.25, 0.3) is 0 Å². The molecule has 1 aliphatic heterocycles. The lowest BCUT2D eigenvalue weighted by atomic mass is 10.0. The van der Waals surface area contributed by atoms with Crippen molar-refractivity contribution in [3.63, 3.8) is 0 Å². The highest BCUT2D eigenvalue weighted by Gasteiger charge is 2.36. The van der Waals surface area contributed by atoms with Gasteiger partial charge >= 0.3 is 0 Å². The first kappa shape index (κ1) is 19.2. The molecule has 30 heavy (non-hydrogen) atoms. The fourth-order valence-corrected chi connectivity index (χ4v) is 5.00. The summed E-state index contributed by atoms with van der Waals surface area (Å²) in [6.07, 6.45) is 4.72. The van der Waals surface area contributed by atoms with Gasteiger partial charge in [0.05, 0.1) is 32.2 Å². The van der Waals surface area contributed by atoms with E-state index in [-0.39, 0.29) is 11.9 Å². The Morgan fingerprint density at radius 3 is 2.33 bits per heavy atom. The minimum Gasteiger partial charge on any atom is -0.360 e. The number of para-hydroxylation sites is 1. The number of hydrogen-bond acceptors (Lipinski definition) is 4. The monoisotopic (exact) mass is 407 g/mol. The van der Waals surface area contributed by atoms with Crippen molar-refractivity contribution < 1.29 is 9.29 Å². The summed E-state index contributed by atoms with van der Waals surface area (Å²) in [5.41, 5.74) is 2.35. The molecular weight excluding hydrogens is 379 g/mol. The third kappa shape index (κ3) is 3.81. The summed E-state index contributed by atoms with van der Waals surface area (Å²) in [5, 5.41) is 12.9. The van der Waals surface area contributed by atoms with Gasteiger partial charge in [-0.15, -0.1) is 5.10 Å². The van der Waals surface area contributed by atoms with Crippen molar-refractivity contribution in [2.75, 3.05) is 31.1 Å². The Kier molecular flexibility index (Phi) is 5.45. The molecule has 0 spiro atoms. The number of tetrazole rings is 1. The van der Waals surface area contributed by atoms with E-state index in [0.717, 1.165) is 50.4 Å². The highest BCUT2D eigenvalue weighted by atomic mass is 19.1. The van der Waals surface area contributed by atoms with Crippen molar-refractivity contribution in [1.29, 1.82) is 0 Å². The van der Waals surface area contributed by atoms with Crippen molar-refractivity contribution in [3.05, 3.63) is 71.8 Å². The number of nitrogens with one attached hydrogen (secondary N) is 1. The number of halogens is 1. The molecule has 156 valence electrons. The maximum atomic E-state index is 13.6. The first-order valence-corrected chi connectivity index (χ1v) is 11.0. The first-order valence-electron chi connectivity index (χ1n) is 11.0. The van der Waals surface area contributed by atoms with Crippen LogP contribution in [0.4, 0.5) is 10.1 Å². The van der Waals surface area contributed by atoms with Crippen molar-refractivity contribution in [2.45, 2.75) is 37.8 Å². The van der Waals surface area contributed by atoms with Crippen LogP contribution in [0.2, 0.25) is 0 Å². The van der Waals surface area contributed by atoms with Crippen molar-refractivity contribution in [1.82, 2.24) is 20.2 Å². The Morgan fingerprint density at radius 2 is 1.63 bits per heavy atom. The zero-order valence-electron chi connectivity index (χ0n) is 17.1. The average molecular weight is 408 g/mol.